The molecule has 3 aromatic rings. The van der Waals surface area contributed by atoms with Crippen LogP contribution in [0.2, 0.25) is 0 Å². The molecule has 2 N–H and O–H groups in total. The van der Waals surface area contributed by atoms with E-state index in [1.54, 1.807) is 19.2 Å². The minimum atomic E-state index is -0.343. The van der Waals surface area contributed by atoms with Gasteiger partial charge in [-0.15, -0.1) is 10.2 Å². The van der Waals surface area contributed by atoms with E-state index in [2.05, 4.69) is 20.8 Å². The first kappa shape index (κ1) is 20.1. The molecule has 0 aliphatic heterocycles. The van der Waals surface area contributed by atoms with E-state index in [0.29, 0.717) is 21.7 Å². The number of carbonyl (C=O) groups is 1. The van der Waals surface area contributed by atoms with Gasteiger partial charge in [-0.2, -0.15) is 0 Å². The third-order valence-electron chi connectivity index (χ3n) is 3.77. The van der Waals surface area contributed by atoms with Crippen LogP contribution in [0.5, 0.6) is 5.75 Å². The molecule has 6 nitrogen and oxygen atoms in total. The Balaban J connectivity index is 1.53. The summed E-state index contributed by atoms with van der Waals surface area (Å²) >= 11 is 2.63. The fraction of sp³-hybridized carbons (Fsp3) is 0.211. The SMILES string of the molecule is COc1ccccc1CNC(=O)[C@@H](C)Sc1nnc(Nc2cccc(F)c2)s1. The average molecular weight is 419 g/mol. The molecule has 1 heterocycles. The van der Waals surface area contributed by atoms with Crippen molar-refractivity contribution in [1.82, 2.24) is 15.5 Å². The summed E-state index contributed by atoms with van der Waals surface area (Å²) in [5, 5.41) is 14.2. The van der Waals surface area contributed by atoms with Crippen molar-refractivity contribution >= 4 is 39.8 Å². The highest BCUT2D eigenvalue weighted by molar-refractivity contribution is 8.02. The third kappa shape index (κ3) is 5.43. The monoisotopic (exact) mass is 418 g/mol. The normalized spacial score (nSPS) is 11.7. The zero-order valence-electron chi connectivity index (χ0n) is 15.3. The number of thioether (sulfide) groups is 1. The second-order valence-corrected chi connectivity index (χ2v) is 8.36. The van der Waals surface area contributed by atoms with Gasteiger partial charge in [0.05, 0.1) is 12.4 Å². The number of para-hydroxylation sites is 1. The molecule has 0 aliphatic carbocycles. The Morgan fingerprint density at radius 3 is 2.86 bits per heavy atom. The zero-order valence-corrected chi connectivity index (χ0v) is 16.9. The van der Waals surface area contributed by atoms with Gasteiger partial charge in [-0.1, -0.05) is 47.4 Å². The summed E-state index contributed by atoms with van der Waals surface area (Å²) in [6.45, 7) is 2.19. The molecule has 1 atom stereocenters. The number of ether oxygens (including phenoxy) is 1. The fourth-order valence-electron chi connectivity index (χ4n) is 2.38. The number of nitrogens with one attached hydrogen (secondary N) is 2. The van der Waals surface area contributed by atoms with Crippen molar-refractivity contribution in [2.24, 2.45) is 0 Å². The molecular weight excluding hydrogens is 399 g/mol. The van der Waals surface area contributed by atoms with E-state index < -0.39 is 0 Å². The van der Waals surface area contributed by atoms with E-state index in [9.17, 15) is 9.18 Å². The highest BCUT2D eigenvalue weighted by Gasteiger charge is 2.17. The molecule has 9 heteroatoms. The first-order valence-electron chi connectivity index (χ1n) is 8.47. The number of benzene rings is 2. The average Bonchev–Trinajstić information content (AvgIpc) is 3.12. The zero-order chi connectivity index (χ0) is 19.9. The molecule has 0 fully saturated rings. The van der Waals surface area contributed by atoms with Crippen LogP contribution in [0.15, 0.2) is 52.9 Å². The van der Waals surface area contributed by atoms with Crippen molar-refractivity contribution in [3.05, 3.63) is 59.9 Å². The van der Waals surface area contributed by atoms with Crippen LogP contribution in [0, 0.1) is 5.82 Å². The van der Waals surface area contributed by atoms with Crippen molar-refractivity contribution in [3.63, 3.8) is 0 Å². The molecule has 0 radical (unpaired) electrons. The molecule has 28 heavy (non-hydrogen) atoms. The lowest BCUT2D eigenvalue weighted by atomic mass is 10.2. The molecule has 0 bridgehead atoms. The first-order chi connectivity index (χ1) is 13.5. The Morgan fingerprint density at radius 1 is 1.25 bits per heavy atom. The molecule has 0 spiro atoms. The number of rotatable bonds is 8. The van der Waals surface area contributed by atoms with Crippen LogP contribution in [0.1, 0.15) is 12.5 Å². The maximum absolute atomic E-state index is 13.2. The Labute approximate surface area is 170 Å². The van der Waals surface area contributed by atoms with Gasteiger partial charge in [0, 0.05) is 17.8 Å². The molecular formula is C19H19FN4O2S2. The number of hydrogen-bond acceptors (Lipinski definition) is 7. The molecule has 2 aromatic carbocycles. The minimum absolute atomic E-state index is 0.106. The van der Waals surface area contributed by atoms with Crippen LogP contribution in [0.25, 0.3) is 0 Å². The third-order valence-corrected chi connectivity index (χ3v) is 5.80. The van der Waals surface area contributed by atoms with Crippen molar-refractivity contribution in [2.45, 2.75) is 23.1 Å². The second kappa shape index (κ2) is 9.52. The van der Waals surface area contributed by atoms with Gasteiger partial charge in [-0.25, -0.2) is 4.39 Å². The number of nitrogens with zero attached hydrogens (tertiary/aromatic N) is 2. The summed E-state index contributed by atoms with van der Waals surface area (Å²) < 4.78 is 19.2. The minimum Gasteiger partial charge on any atom is -0.496 e. The number of halogens is 1. The van der Waals surface area contributed by atoms with Crippen molar-refractivity contribution in [2.75, 3.05) is 12.4 Å². The van der Waals surface area contributed by atoms with Gasteiger partial charge in [0.2, 0.25) is 11.0 Å². The van der Waals surface area contributed by atoms with Gasteiger partial charge < -0.3 is 15.4 Å². The van der Waals surface area contributed by atoms with E-state index in [4.69, 9.17) is 4.74 Å². The lowest BCUT2D eigenvalue weighted by molar-refractivity contribution is -0.120. The summed E-state index contributed by atoms with van der Waals surface area (Å²) in [5.74, 6) is 0.301. The molecule has 146 valence electrons. The molecule has 0 unspecified atom stereocenters. The summed E-state index contributed by atoms with van der Waals surface area (Å²) in [7, 11) is 1.60. The predicted octanol–water partition coefficient (Wildman–Crippen LogP) is 4.23. The molecule has 1 amide bonds. The Kier molecular flexibility index (Phi) is 6.83. The molecule has 0 saturated heterocycles. The van der Waals surface area contributed by atoms with Crippen molar-refractivity contribution in [1.29, 1.82) is 0 Å². The lowest BCUT2D eigenvalue weighted by Crippen LogP contribution is -2.30. The Bertz CT molecular complexity index is 951. The second-order valence-electron chi connectivity index (χ2n) is 5.80. The number of methoxy groups -OCH3 is 1. The van der Waals surface area contributed by atoms with E-state index in [-0.39, 0.29) is 17.0 Å². The van der Waals surface area contributed by atoms with Gasteiger partial charge in [0.1, 0.15) is 11.6 Å². The van der Waals surface area contributed by atoms with Crippen LogP contribution in [-0.2, 0) is 11.3 Å². The van der Waals surface area contributed by atoms with Crippen molar-refractivity contribution < 1.29 is 13.9 Å². The van der Waals surface area contributed by atoms with Crippen LogP contribution < -0.4 is 15.4 Å². The predicted molar refractivity (Wildman–Crippen MR) is 110 cm³/mol. The summed E-state index contributed by atoms with van der Waals surface area (Å²) in [6, 6.07) is 13.7. The number of hydrogen-bond donors (Lipinski definition) is 2. The number of aromatic nitrogens is 2. The molecule has 0 aliphatic rings. The smallest absolute Gasteiger partial charge is 0.233 e. The Morgan fingerprint density at radius 2 is 2.07 bits per heavy atom. The van der Waals surface area contributed by atoms with E-state index in [1.165, 1.54) is 35.2 Å². The highest BCUT2D eigenvalue weighted by Crippen LogP contribution is 2.30. The molecule has 3 rings (SSSR count). The van der Waals surface area contributed by atoms with E-state index in [1.807, 2.05) is 31.2 Å². The first-order valence-corrected chi connectivity index (χ1v) is 10.2. The van der Waals surface area contributed by atoms with Gasteiger partial charge in [-0.05, 0) is 31.2 Å². The van der Waals surface area contributed by atoms with E-state index in [0.717, 1.165) is 11.3 Å². The lowest BCUT2D eigenvalue weighted by Gasteiger charge is -2.12. The van der Waals surface area contributed by atoms with E-state index >= 15 is 0 Å². The van der Waals surface area contributed by atoms with Crippen LogP contribution in [-0.4, -0.2) is 28.5 Å². The summed E-state index contributed by atoms with van der Waals surface area (Å²) in [4.78, 5) is 12.4. The Hall–Kier alpha value is -2.65. The number of amides is 1. The number of carbonyl (C=O) groups excluding carboxylic acids is 1. The highest BCUT2D eigenvalue weighted by atomic mass is 32.2. The maximum atomic E-state index is 13.2. The van der Waals surface area contributed by atoms with Gasteiger partial charge >= 0.3 is 0 Å². The van der Waals surface area contributed by atoms with Gasteiger partial charge in [0.15, 0.2) is 4.34 Å². The standard InChI is InChI=1S/C19H19FN4O2S2/c1-12(17(25)21-11-13-6-3-4-9-16(13)26-2)27-19-24-23-18(28-19)22-15-8-5-7-14(20)10-15/h3-10,12H,11H2,1-2H3,(H,21,25)(H,22,23)/t12-/m1/s1. The van der Waals surface area contributed by atoms with Crippen molar-refractivity contribution in [3.8, 4) is 5.75 Å². The van der Waals surface area contributed by atoms with Crippen LogP contribution >= 0.6 is 23.1 Å². The fourth-order valence-corrected chi connectivity index (χ4v) is 4.32. The maximum Gasteiger partial charge on any atom is 0.233 e. The van der Waals surface area contributed by atoms with Gasteiger partial charge in [0.25, 0.3) is 0 Å². The summed E-state index contributed by atoms with van der Waals surface area (Å²) in [5.41, 5.74) is 1.50. The van der Waals surface area contributed by atoms with Crippen LogP contribution in [0.4, 0.5) is 15.2 Å². The quantitative estimate of drug-likeness (QED) is 0.533. The molecule has 0 saturated carbocycles. The largest absolute Gasteiger partial charge is 0.496 e. The number of anilines is 2. The van der Waals surface area contributed by atoms with Crippen LogP contribution in [0.3, 0.4) is 0 Å². The van der Waals surface area contributed by atoms with Gasteiger partial charge in [-0.3, -0.25) is 4.79 Å². The topological polar surface area (TPSA) is 76.1 Å². The summed E-state index contributed by atoms with van der Waals surface area (Å²) in [6.07, 6.45) is 0. The molecule has 1 aromatic heterocycles.